The van der Waals surface area contributed by atoms with Crippen LogP contribution in [0, 0.1) is 0 Å². The predicted octanol–water partition coefficient (Wildman–Crippen LogP) is 1.53. The number of aliphatic imine (C=N–C) groups is 1. The lowest BCUT2D eigenvalue weighted by Gasteiger charge is -2.35. The molecule has 1 aromatic carbocycles. The Balaban J connectivity index is 0.00000341. The third-order valence-electron chi connectivity index (χ3n) is 4.90. The van der Waals surface area contributed by atoms with Crippen molar-refractivity contribution in [2.45, 2.75) is 12.3 Å². The zero-order valence-corrected chi connectivity index (χ0v) is 20.9. The lowest BCUT2D eigenvalue weighted by molar-refractivity contribution is 0.259. The maximum atomic E-state index is 12.6. The molecule has 0 saturated carbocycles. The van der Waals surface area contributed by atoms with Gasteiger partial charge in [-0.2, -0.15) is 4.31 Å². The van der Waals surface area contributed by atoms with E-state index in [9.17, 15) is 8.42 Å². The zero-order chi connectivity index (χ0) is 21.6. The lowest BCUT2D eigenvalue weighted by atomic mass is 10.2. The van der Waals surface area contributed by atoms with E-state index in [1.807, 2.05) is 23.1 Å². The monoisotopic (exact) mass is 565 g/mol. The highest BCUT2D eigenvalue weighted by molar-refractivity contribution is 14.0. The van der Waals surface area contributed by atoms with Crippen LogP contribution < -0.4 is 14.8 Å². The summed E-state index contributed by atoms with van der Waals surface area (Å²) < 4.78 is 42.0. The first-order chi connectivity index (χ1) is 14.5. The fraction of sp³-hybridized carbons (Fsp3) is 0.474. The van der Waals surface area contributed by atoms with Crippen molar-refractivity contribution in [3.8, 4) is 11.5 Å². The number of rotatable bonds is 7. The number of guanidine groups is 1. The molecule has 0 radical (unpaired) electrons. The van der Waals surface area contributed by atoms with Crippen LogP contribution in [0.5, 0.6) is 11.5 Å². The van der Waals surface area contributed by atoms with Crippen molar-refractivity contribution in [2.24, 2.45) is 4.99 Å². The second kappa shape index (κ2) is 11.5. The van der Waals surface area contributed by atoms with E-state index in [2.05, 4.69) is 15.5 Å². The number of ether oxygens (including phenoxy) is 2. The van der Waals surface area contributed by atoms with Crippen LogP contribution in [0.25, 0.3) is 0 Å². The van der Waals surface area contributed by atoms with Gasteiger partial charge in [-0.25, -0.2) is 8.42 Å². The number of aromatic nitrogens is 1. The summed E-state index contributed by atoms with van der Waals surface area (Å²) in [6.45, 7) is 2.36. The lowest BCUT2D eigenvalue weighted by Crippen LogP contribution is -2.53. The predicted molar refractivity (Wildman–Crippen MR) is 127 cm³/mol. The first kappa shape index (κ1) is 25.2. The van der Waals surface area contributed by atoms with E-state index in [4.69, 9.17) is 14.0 Å². The number of piperazine rings is 1. The fourth-order valence-corrected chi connectivity index (χ4v) is 4.70. The molecule has 1 saturated heterocycles. The first-order valence-electron chi connectivity index (χ1n) is 9.50. The molecule has 10 nitrogen and oxygen atoms in total. The van der Waals surface area contributed by atoms with E-state index in [1.165, 1.54) is 10.6 Å². The van der Waals surface area contributed by atoms with Crippen molar-refractivity contribution in [1.29, 1.82) is 0 Å². The molecule has 0 amide bonds. The Hall–Kier alpha value is -2.06. The maximum Gasteiger partial charge on any atom is 0.220 e. The Morgan fingerprint density at radius 2 is 1.94 bits per heavy atom. The molecule has 0 atom stereocenters. The second-order valence-corrected chi connectivity index (χ2v) is 8.68. The number of nitrogens with one attached hydrogen (secondary N) is 1. The Bertz CT molecular complexity index is 960. The highest BCUT2D eigenvalue weighted by atomic mass is 127. The largest absolute Gasteiger partial charge is 0.497 e. The Morgan fingerprint density at radius 1 is 1.19 bits per heavy atom. The van der Waals surface area contributed by atoms with Gasteiger partial charge in [0.05, 0.1) is 19.9 Å². The molecular weight excluding hydrogens is 537 g/mol. The van der Waals surface area contributed by atoms with Gasteiger partial charge in [0.2, 0.25) is 10.0 Å². The molecule has 31 heavy (non-hydrogen) atoms. The summed E-state index contributed by atoms with van der Waals surface area (Å²) in [5.74, 6) is 2.00. The normalized spacial score (nSPS) is 15.3. The van der Waals surface area contributed by atoms with Crippen molar-refractivity contribution in [3.05, 3.63) is 41.8 Å². The molecule has 0 aliphatic carbocycles. The van der Waals surface area contributed by atoms with Gasteiger partial charge in [0.25, 0.3) is 0 Å². The third-order valence-corrected chi connectivity index (χ3v) is 6.71. The number of sulfonamides is 1. The second-order valence-electron chi connectivity index (χ2n) is 6.71. The molecule has 1 aliphatic rings. The van der Waals surface area contributed by atoms with E-state index in [0.29, 0.717) is 44.4 Å². The zero-order valence-electron chi connectivity index (χ0n) is 17.8. The minimum Gasteiger partial charge on any atom is -0.497 e. The summed E-state index contributed by atoms with van der Waals surface area (Å²) in [4.78, 5) is 6.38. The van der Waals surface area contributed by atoms with Gasteiger partial charge < -0.3 is 24.2 Å². The fourth-order valence-electron chi connectivity index (χ4n) is 3.27. The molecule has 12 heteroatoms. The summed E-state index contributed by atoms with van der Waals surface area (Å²) in [5.41, 5.74) is 1.37. The van der Waals surface area contributed by atoms with E-state index in [1.54, 1.807) is 27.3 Å². The summed E-state index contributed by atoms with van der Waals surface area (Å²) in [7, 11) is 1.50. The minimum absolute atomic E-state index is 0. The van der Waals surface area contributed by atoms with Crippen LogP contribution in [0.15, 0.2) is 40.0 Å². The van der Waals surface area contributed by atoms with Gasteiger partial charge >= 0.3 is 0 Å². The topological polar surface area (TPSA) is 110 Å². The quantitative estimate of drug-likeness (QED) is 0.306. The number of hydrogen-bond acceptors (Lipinski definition) is 7. The maximum absolute atomic E-state index is 12.6. The summed E-state index contributed by atoms with van der Waals surface area (Å²) in [6, 6.07) is 7.21. The molecule has 0 bridgehead atoms. The van der Waals surface area contributed by atoms with Gasteiger partial charge in [-0.15, -0.1) is 24.0 Å². The molecule has 2 heterocycles. The molecule has 2 aromatic rings. The number of halogens is 1. The minimum atomic E-state index is -3.44. The van der Waals surface area contributed by atoms with Crippen LogP contribution in [-0.2, 0) is 22.3 Å². The number of nitrogens with zero attached hydrogens (tertiary/aromatic N) is 4. The van der Waals surface area contributed by atoms with Crippen LogP contribution in [0.2, 0.25) is 0 Å². The van der Waals surface area contributed by atoms with Crippen LogP contribution in [0.4, 0.5) is 0 Å². The number of hydrogen-bond donors (Lipinski definition) is 1. The van der Waals surface area contributed by atoms with Gasteiger partial charge in [0, 0.05) is 57.5 Å². The summed E-state index contributed by atoms with van der Waals surface area (Å²) >= 11 is 0. The molecule has 1 N–H and O–H groups in total. The van der Waals surface area contributed by atoms with Crippen LogP contribution >= 0.6 is 24.0 Å². The molecule has 0 unspecified atom stereocenters. The van der Waals surface area contributed by atoms with Gasteiger partial charge in [0.15, 0.2) is 5.96 Å². The van der Waals surface area contributed by atoms with Crippen molar-refractivity contribution >= 4 is 40.0 Å². The van der Waals surface area contributed by atoms with Gasteiger partial charge in [-0.3, -0.25) is 4.99 Å². The van der Waals surface area contributed by atoms with Gasteiger partial charge in [-0.05, 0) is 12.1 Å². The third kappa shape index (κ3) is 6.46. The van der Waals surface area contributed by atoms with E-state index in [0.717, 1.165) is 17.1 Å². The van der Waals surface area contributed by atoms with Crippen molar-refractivity contribution in [1.82, 2.24) is 19.7 Å². The molecular formula is C19H28IN5O5S. The first-order valence-corrected chi connectivity index (χ1v) is 11.1. The molecule has 3 rings (SSSR count). The van der Waals surface area contributed by atoms with E-state index in [-0.39, 0.29) is 29.7 Å². The molecule has 1 aliphatic heterocycles. The van der Waals surface area contributed by atoms with E-state index < -0.39 is 10.0 Å². The highest BCUT2D eigenvalue weighted by Gasteiger charge is 2.29. The van der Waals surface area contributed by atoms with E-state index >= 15 is 0 Å². The summed E-state index contributed by atoms with van der Waals surface area (Å²) in [6.07, 6.45) is 1.37. The van der Waals surface area contributed by atoms with Crippen LogP contribution in [0.3, 0.4) is 0 Å². The van der Waals surface area contributed by atoms with Crippen LogP contribution in [0.1, 0.15) is 11.3 Å². The van der Waals surface area contributed by atoms with Crippen LogP contribution in [-0.4, -0.2) is 76.2 Å². The SMILES string of the molecule is CN=C(NCc1ccc(OC)cc1OC)N1CCN(S(=O)(=O)Cc2ccon2)CC1.I. The van der Waals surface area contributed by atoms with Gasteiger partial charge in [-0.1, -0.05) is 5.16 Å². The average molecular weight is 565 g/mol. The van der Waals surface area contributed by atoms with Gasteiger partial charge in [0.1, 0.15) is 23.5 Å². The van der Waals surface area contributed by atoms with Crippen molar-refractivity contribution in [3.63, 3.8) is 0 Å². The average Bonchev–Trinajstić information content (AvgIpc) is 3.27. The molecule has 0 spiro atoms. The van der Waals surface area contributed by atoms with Crippen molar-refractivity contribution < 1.29 is 22.4 Å². The van der Waals surface area contributed by atoms with Crippen molar-refractivity contribution in [2.75, 3.05) is 47.4 Å². The summed E-state index contributed by atoms with van der Waals surface area (Å²) in [5, 5.41) is 7.01. The number of benzene rings is 1. The Labute approximate surface area is 199 Å². The number of methoxy groups -OCH3 is 2. The highest BCUT2D eigenvalue weighted by Crippen LogP contribution is 2.24. The molecule has 1 aromatic heterocycles. The Kier molecular flexibility index (Phi) is 9.37. The Morgan fingerprint density at radius 3 is 2.52 bits per heavy atom. The smallest absolute Gasteiger partial charge is 0.220 e. The molecule has 1 fully saturated rings. The molecule has 172 valence electrons. The standard InChI is InChI=1S/C19H27N5O5S.HI/c1-20-19(21-13-15-4-5-17(27-2)12-18(15)28-3)23-7-9-24(10-8-23)30(25,26)14-16-6-11-29-22-16;/h4-6,11-12H,7-10,13-14H2,1-3H3,(H,20,21);1H.